The first-order valence-electron chi connectivity index (χ1n) is 5.49. The number of rotatable bonds is 4. The number of carbonyl (C=O) groups excluding carboxylic acids is 2. The first-order chi connectivity index (χ1) is 7.19. The van der Waals surface area contributed by atoms with Crippen LogP contribution in [-0.4, -0.2) is 18.9 Å². The molecule has 0 fully saturated rings. The van der Waals surface area contributed by atoms with E-state index in [1.807, 2.05) is 13.0 Å². The molecule has 0 aliphatic heterocycles. The lowest BCUT2D eigenvalue weighted by Crippen LogP contribution is -2.20. The van der Waals surface area contributed by atoms with Crippen molar-refractivity contribution >= 4 is 11.8 Å². The molecular formula is C12H18O3. The van der Waals surface area contributed by atoms with Crippen LogP contribution < -0.4 is 0 Å². The van der Waals surface area contributed by atoms with E-state index in [9.17, 15) is 9.59 Å². The van der Waals surface area contributed by atoms with Crippen LogP contribution in [0.3, 0.4) is 0 Å². The van der Waals surface area contributed by atoms with E-state index in [1.165, 1.54) is 7.11 Å². The summed E-state index contributed by atoms with van der Waals surface area (Å²) in [7, 11) is 1.37. The first-order valence-corrected chi connectivity index (χ1v) is 5.49. The molecule has 0 aromatic heterocycles. The van der Waals surface area contributed by atoms with Gasteiger partial charge in [0.1, 0.15) is 0 Å². The number of ether oxygens (including phenoxy) is 1. The summed E-state index contributed by atoms with van der Waals surface area (Å²) in [5.41, 5.74) is 0.818. The Labute approximate surface area is 90.5 Å². The van der Waals surface area contributed by atoms with Crippen LogP contribution in [-0.2, 0) is 14.3 Å². The summed E-state index contributed by atoms with van der Waals surface area (Å²) in [4.78, 5) is 22.8. The Bertz CT molecular complexity index is 279. The van der Waals surface area contributed by atoms with Crippen LogP contribution in [0, 0.1) is 5.92 Å². The maximum absolute atomic E-state index is 11.8. The molecule has 1 unspecified atom stereocenters. The second kappa shape index (κ2) is 5.69. The fraction of sp³-hybridized carbons (Fsp3) is 0.667. The molecule has 1 atom stereocenters. The second-order valence-electron chi connectivity index (χ2n) is 3.85. The molecule has 1 aliphatic carbocycles. The summed E-state index contributed by atoms with van der Waals surface area (Å²) in [6.45, 7) is 2.03. The SMILES string of the molecule is CCC1CCC=C(CCC(=O)OC)C1=O. The van der Waals surface area contributed by atoms with Crippen LogP contribution in [0.2, 0.25) is 0 Å². The van der Waals surface area contributed by atoms with E-state index < -0.39 is 0 Å². The van der Waals surface area contributed by atoms with Crippen LogP contribution in [0.1, 0.15) is 39.0 Å². The number of Topliss-reactive ketones (excluding diaryl/α,β-unsaturated/α-hetero) is 1. The van der Waals surface area contributed by atoms with E-state index in [0.29, 0.717) is 12.8 Å². The van der Waals surface area contributed by atoms with Crippen molar-refractivity contribution in [3.8, 4) is 0 Å². The van der Waals surface area contributed by atoms with Crippen LogP contribution in [0.5, 0.6) is 0 Å². The van der Waals surface area contributed by atoms with Gasteiger partial charge in [0.15, 0.2) is 5.78 Å². The Hall–Kier alpha value is -1.12. The van der Waals surface area contributed by atoms with Crippen molar-refractivity contribution in [3.63, 3.8) is 0 Å². The van der Waals surface area contributed by atoms with Crippen molar-refractivity contribution < 1.29 is 14.3 Å². The van der Waals surface area contributed by atoms with Gasteiger partial charge in [-0.15, -0.1) is 0 Å². The Morgan fingerprint density at radius 3 is 2.93 bits per heavy atom. The fourth-order valence-corrected chi connectivity index (χ4v) is 1.91. The highest BCUT2D eigenvalue weighted by Gasteiger charge is 2.23. The molecule has 1 rings (SSSR count). The van der Waals surface area contributed by atoms with Gasteiger partial charge in [0.05, 0.1) is 7.11 Å². The molecular weight excluding hydrogens is 192 g/mol. The predicted molar refractivity (Wildman–Crippen MR) is 57.4 cm³/mol. The van der Waals surface area contributed by atoms with Gasteiger partial charge in [-0.1, -0.05) is 13.0 Å². The van der Waals surface area contributed by atoms with Gasteiger partial charge in [-0.05, 0) is 31.3 Å². The van der Waals surface area contributed by atoms with Crippen molar-refractivity contribution in [3.05, 3.63) is 11.6 Å². The minimum Gasteiger partial charge on any atom is -0.469 e. The molecule has 0 amide bonds. The zero-order valence-corrected chi connectivity index (χ0v) is 9.41. The van der Waals surface area contributed by atoms with Gasteiger partial charge in [-0.25, -0.2) is 0 Å². The van der Waals surface area contributed by atoms with Gasteiger partial charge in [-0.3, -0.25) is 9.59 Å². The molecule has 0 saturated carbocycles. The summed E-state index contributed by atoms with van der Waals surface area (Å²) in [5, 5.41) is 0. The number of hydrogen-bond donors (Lipinski definition) is 0. The Balaban J connectivity index is 2.51. The van der Waals surface area contributed by atoms with E-state index in [2.05, 4.69) is 4.74 Å². The van der Waals surface area contributed by atoms with Crippen molar-refractivity contribution in [1.82, 2.24) is 0 Å². The Kier molecular flexibility index (Phi) is 4.53. The zero-order valence-electron chi connectivity index (χ0n) is 9.41. The predicted octanol–water partition coefficient (Wildman–Crippen LogP) is 2.26. The standard InChI is InChI=1S/C12H18O3/c1-3-9-5-4-6-10(12(9)14)7-8-11(13)15-2/h6,9H,3-5,7-8H2,1-2H3. The van der Waals surface area contributed by atoms with Crippen LogP contribution >= 0.6 is 0 Å². The summed E-state index contributed by atoms with van der Waals surface area (Å²) in [5.74, 6) is 0.151. The van der Waals surface area contributed by atoms with Gasteiger partial charge in [0.25, 0.3) is 0 Å². The van der Waals surface area contributed by atoms with Crippen molar-refractivity contribution in [2.45, 2.75) is 39.0 Å². The van der Waals surface area contributed by atoms with E-state index in [1.54, 1.807) is 0 Å². The maximum atomic E-state index is 11.8. The largest absolute Gasteiger partial charge is 0.469 e. The van der Waals surface area contributed by atoms with Crippen molar-refractivity contribution in [1.29, 1.82) is 0 Å². The van der Waals surface area contributed by atoms with Crippen molar-refractivity contribution in [2.24, 2.45) is 5.92 Å². The summed E-state index contributed by atoms with van der Waals surface area (Å²) >= 11 is 0. The van der Waals surface area contributed by atoms with E-state index in [4.69, 9.17) is 0 Å². The third-order valence-corrected chi connectivity index (χ3v) is 2.91. The zero-order chi connectivity index (χ0) is 11.3. The maximum Gasteiger partial charge on any atom is 0.305 e. The lowest BCUT2D eigenvalue weighted by molar-refractivity contribution is -0.140. The van der Waals surface area contributed by atoms with Gasteiger partial charge >= 0.3 is 5.97 Å². The van der Waals surface area contributed by atoms with Gasteiger partial charge < -0.3 is 4.74 Å². The average Bonchev–Trinajstić information content (AvgIpc) is 2.27. The number of hydrogen-bond acceptors (Lipinski definition) is 3. The van der Waals surface area contributed by atoms with Gasteiger partial charge in [-0.2, -0.15) is 0 Å². The van der Waals surface area contributed by atoms with E-state index in [-0.39, 0.29) is 17.7 Å². The smallest absolute Gasteiger partial charge is 0.305 e. The number of allylic oxidation sites excluding steroid dienone is 2. The molecule has 1 aliphatic rings. The lowest BCUT2D eigenvalue weighted by Gasteiger charge is -2.19. The lowest BCUT2D eigenvalue weighted by atomic mass is 9.84. The highest BCUT2D eigenvalue weighted by molar-refractivity contribution is 5.98. The molecule has 0 N–H and O–H groups in total. The van der Waals surface area contributed by atoms with Crippen LogP contribution in [0.25, 0.3) is 0 Å². The molecule has 15 heavy (non-hydrogen) atoms. The summed E-state index contributed by atoms with van der Waals surface area (Å²) in [6, 6.07) is 0. The normalized spacial score (nSPS) is 21.1. The van der Waals surface area contributed by atoms with Gasteiger partial charge in [0.2, 0.25) is 0 Å². The number of methoxy groups -OCH3 is 1. The second-order valence-corrected chi connectivity index (χ2v) is 3.85. The fourth-order valence-electron chi connectivity index (χ4n) is 1.91. The monoisotopic (exact) mass is 210 g/mol. The third-order valence-electron chi connectivity index (χ3n) is 2.91. The van der Waals surface area contributed by atoms with E-state index in [0.717, 1.165) is 24.8 Å². The Morgan fingerprint density at radius 2 is 2.33 bits per heavy atom. The summed E-state index contributed by atoms with van der Waals surface area (Å²) < 4.78 is 4.55. The highest BCUT2D eigenvalue weighted by Crippen LogP contribution is 2.25. The van der Waals surface area contributed by atoms with Gasteiger partial charge in [0, 0.05) is 12.3 Å². The molecule has 0 saturated heterocycles. The molecule has 0 bridgehead atoms. The first kappa shape index (κ1) is 12.0. The van der Waals surface area contributed by atoms with Crippen molar-refractivity contribution in [2.75, 3.05) is 7.11 Å². The summed E-state index contributed by atoms with van der Waals surface area (Å²) in [6.07, 6.45) is 5.62. The molecule has 3 heteroatoms. The topological polar surface area (TPSA) is 43.4 Å². The molecule has 0 aromatic rings. The third kappa shape index (κ3) is 3.18. The molecule has 0 radical (unpaired) electrons. The van der Waals surface area contributed by atoms with Crippen LogP contribution in [0.4, 0.5) is 0 Å². The molecule has 0 aromatic carbocycles. The number of ketones is 1. The average molecular weight is 210 g/mol. The van der Waals surface area contributed by atoms with Crippen LogP contribution in [0.15, 0.2) is 11.6 Å². The number of esters is 1. The molecule has 0 spiro atoms. The molecule has 84 valence electrons. The minimum atomic E-state index is -0.248. The highest BCUT2D eigenvalue weighted by atomic mass is 16.5. The molecule has 3 nitrogen and oxygen atoms in total. The molecule has 0 heterocycles. The Morgan fingerprint density at radius 1 is 1.60 bits per heavy atom. The van der Waals surface area contributed by atoms with E-state index >= 15 is 0 Å². The quantitative estimate of drug-likeness (QED) is 0.668. The number of carbonyl (C=O) groups is 2. The minimum absolute atomic E-state index is 0.169.